The second kappa shape index (κ2) is 6.82. The average molecular weight is 329 g/mol. The van der Waals surface area contributed by atoms with Crippen LogP contribution >= 0.6 is 0 Å². The fourth-order valence-electron chi connectivity index (χ4n) is 3.01. The minimum Gasteiger partial charge on any atom is -0.497 e. The van der Waals surface area contributed by atoms with Gasteiger partial charge in [0.15, 0.2) is 0 Å². The van der Waals surface area contributed by atoms with Gasteiger partial charge >= 0.3 is 0 Å². The highest BCUT2D eigenvalue weighted by atomic mass is 16.5. The minimum atomic E-state index is 0.231. The first-order valence-corrected chi connectivity index (χ1v) is 7.95. The van der Waals surface area contributed by atoms with Crippen LogP contribution in [0, 0.1) is 0 Å². The summed E-state index contributed by atoms with van der Waals surface area (Å²) >= 11 is 0. The number of anilines is 3. The van der Waals surface area contributed by atoms with Crippen LogP contribution in [0.4, 0.5) is 17.5 Å². The summed E-state index contributed by atoms with van der Waals surface area (Å²) in [5.41, 5.74) is 6.98. The average Bonchev–Trinajstić information content (AvgIpc) is 2.61. The van der Waals surface area contributed by atoms with Crippen LogP contribution in [0.25, 0.3) is 0 Å². The first-order chi connectivity index (χ1) is 11.6. The molecule has 0 radical (unpaired) electrons. The van der Waals surface area contributed by atoms with E-state index in [1.54, 1.807) is 14.2 Å². The van der Waals surface area contributed by atoms with Crippen molar-refractivity contribution in [2.75, 3.05) is 49.4 Å². The Morgan fingerprint density at radius 1 is 1.08 bits per heavy atom. The molecule has 0 spiro atoms. The molecule has 1 aromatic heterocycles. The van der Waals surface area contributed by atoms with Gasteiger partial charge in [-0.2, -0.15) is 9.97 Å². The van der Waals surface area contributed by atoms with Crippen molar-refractivity contribution >= 4 is 17.5 Å². The Labute approximate surface area is 142 Å². The van der Waals surface area contributed by atoms with Crippen molar-refractivity contribution in [2.24, 2.45) is 0 Å². The number of hydrogen-bond donors (Lipinski definition) is 1. The van der Waals surface area contributed by atoms with E-state index in [0.717, 1.165) is 31.2 Å². The third kappa shape index (κ3) is 3.29. The van der Waals surface area contributed by atoms with Crippen LogP contribution in [0.1, 0.15) is 6.92 Å². The number of benzene rings is 1. The minimum absolute atomic E-state index is 0.231. The molecule has 1 saturated heterocycles. The monoisotopic (exact) mass is 329 g/mol. The third-order valence-corrected chi connectivity index (χ3v) is 4.27. The molecule has 1 atom stereocenters. The summed E-state index contributed by atoms with van der Waals surface area (Å²) in [5.74, 6) is 2.40. The van der Waals surface area contributed by atoms with E-state index in [2.05, 4.69) is 38.8 Å². The molecular weight excluding hydrogens is 306 g/mol. The van der Waals surface area contributed by atoms with Crippen LogP contribution in [0.2, 0.25) is 0 Å². The van der Waals surface area contributed by atoms with E-state index in [-0.39, 0.29) is 5.95 Å². The van der Waals surface area contributed by atoms with Crippen LogP contribution in [-0.2, 0) is 0 Å². The molecule has 1 aliphatic rings. The van der Waals surface area contributed by atoms with E-state index >= 15 is 0 Å². The molecule has 2 heterocycles. The smallest absolute Gasteiger partial charge is 0.225 e. The lowest BCUT2D eigenvalue weighted by Gasteiger charge is -2.41. The SMILES string of the molecule is COc1ccc(N2CCN(c3cc(OC)nc(N)n3)C(C)C2)cc1. The first kappa shape index (κ1) is 16.2. The van der Waals surface area contributed by atoms with E-state index in [1.807, 2.05) is 18.2 Å². The van der Waals surface area contributed by atoms with E-state index in [4.69, 9.17) is 15.2 Å². The van der Waals surface area contributed by atoms with Gasteiger partial charge in [-0.1, -0.05) is 0 Å². The van der Waals surface area contributed by atoms with Crippen molar-refractivity contribution < 1.29 is 9.47 Å². The molecule has 128 valence electrons. The van der Waals surface area contributed by atoms with Crippen molar-refractivity contribution in [2.45, 2.75) is 13.0 Å². The number of hydrogen-bond acceptors (Lipinski definition) is 7. The number of nitrogens with two attached hydrogens (primary N) is 1. The van der Waals surface area contributed by atoms with Gasteiger partial charge in [0.1, 0.15) is 11.6 Å². The van der Waals surface area contributed by atoms with Crippen LogP contribution < -0.4 is 25.0 Å². The van der Waals surface area contributed by atoms with Gasteiger partial charge in [-0.15, -0.1) is 0 Å². The molecule has 0 amide bonds. The maximum atomic E-state index is 5.78. The molecule has 0 saturated carbocycles. The summed E-state index contributed by atoms with van der Waals surface area (Å²) < 4.78 is 10.4. The van der Waals surface area contributed by atoms with Crippen LogP contribution in [0.3, 0.4) is 0 Å². The number of ether oxygens (including phenoxy) is 2. The molecule has 0 aliphatic carbocycles. The lowest BCUT2D eigenvalue weighted by molar-refractivity contribution is 0.397. The van der Waals surface area contributed by atoms with Gasteiger partial charge in [0, 0.05) is 37.4 Å². The summed E-state index contributed by atoms with van der Waals surface area (Å²) in [4.78, 5) is 13.0. The second-order valence-electron chi connectivity index (χ2n) is 5.81. The molecule has 7 nitrogen and oxygen atoms in total. The number of methoxy groups -OCH3 is 2. The fraction of sp³-hybridized carbons (Fsp3) is 0.412. The number of piperazine rings is 1. The largest absolute Gasteiger partial charge is 0.497 e. The molecule has 0 bridgehead atoms. The van der Waals surface area contributed by atoms with Gasteiger partial charge in [0.05, 0.1) is 14.2 Å². The molecule has 2 aromatic rings. The van der Waals surface area contributed by atoms with Gasteiger partial charge in [-0.05, 0) is 31.2 Å². The number of nitrogens with zero attached hydrogens (tertiary/aromatic N) is 4. The van der Waals surface area contributed by atoms with E-state index in [1.165, 1.54) is 5.69 Å². The molecule has 2 N–H and O–H groups in total. The maximum absolute atomic E-state index is 5.78. The topological polar surface area (TPSA) is 76.7 Å². The predicted octanol–water partition coefficient (Wildman–Crippen LogP) is 1.79. The Kier molecular flexibility index (Phi) is 4.59. The van der Waals surface area contributed by atoms with Gasteiger partial charge in [0.25, 0.3) is 0 Å². The van der Waals surface area contributed by atoms with E-state index in [0.29, 0.717) is 11.9 Å². The molecule has 3 rings (SSSR count). The molecule has 1 aliphatic heterocycles. The molecular formula is C17H23N5O2. The fourth-order valence-corrected chi connectivity index (χ4v) is 3.01. The molecule has 24 heavy (non-hydrogen) atoms. The lowest BCUT2D eigenvalue weighted by atomic mass is 10.1. The van der Waals surface area contributed by atoms with Crippen molar-refractivity contribution in [3.05, 3.63) is 30.3 Å². The number of nitrogen functional groups attached to an aromatic ring is 1. The highest BCUT2D eigenvalue weighted by Gasteiger charge is 2.25. The van der Waals surface area contributed by atoms with Gasteiger partial charge in [0.2, 0.25) is 11.8 Å². The van der Waals surface area contributed by atoms with Gasteiger partial charge in [-0.25, -0.2) is 0 Å². The normalized spacial score (nSPS) is 17.7. The van der Waals surface area contributed by atoms with E-state index < -0.39 is 0 Å². The standard InChI is InChI=1S/C17H23N5O2/c1-12-11-21(13-4-6-14(23-2)7-5-13)8-9-22(12)15-10-16(24-3)20-17(18)19-15/h4-7,10,12H,8-9,11H2,1-3H3,(H2,18,19,20). The van der Waals surface area contributed by atoms with Crippen molar-refractivity contribution in [3.63, 3.8) is 0 Å². The molecule has 7 heteroatoms. The summed E-state index contributed by atoms with van der Waals surface area (Å²) in [5, 5.41) is 0. The number of rotatable bonds is 4. The van der Waals surface area contributed by atoms with Crippen LogP contribution in [-0.4, -0.2) is 49.9 Å². The number of aromatic nitrogens is 2. The maximum Gasteiger partial charge on any atom is 0.225 e. The summed E-state index contributed by atoms with van der Waals surface area (Å²) in [6.45, 7) is 4.84. The molecule has 1 unspecified atom stereocenters. The quantitative estimate of drug-likeness (QED) is 0.916. The zero-order chi connectivity index (χ0) is 17.1. The zero-order valence-corrected chi connectivity index (χ0v) is 14.3. The Hall–Kier alpha value is -2.70. The summed E-state index contributed by atoms with van der Waals surface area (Å²) in [6.07, 6.45) is 0. The van der Waals surface area contributed by atoms with Crippen molar-refractivity contribution in [1.29, 1.82) is 0 Å². The third-order valence-electron chi connectivity index (χ3n) is 4.27. The Balaban J connectivity index is 1.74. The van der Waals surface area contributed by atoms with Crippen LogP contribution in [0.15, 0.2) is 30.3 Å². The van der Waals surface area contributed by atoms with Gasteiger partial charge < -0.3 is 25.0 Å². The van der Waals surface area contributed by atoms with Crippen molar-refractivity contribution in [1.82, 2.24) is 9.97 Å². The van der Waals surface area contributed by atoms with Gasteiger partial charge in [-0.3, -0.25) is 0 Å². The second-order valence-corrected chi connectivity index (χ2v) is 5.81. The highest BCUT2D eigenvalue weighted by Crippen LogP contribution is 2.26. The van der Waals surface area contributed by atoms with Crippen LogP contribution in [0.5, 0.6) is 11.6 Å². The Morgan fingerprint density at radius 3 is 2.46 bits per heavy atom. The molecule has 1 fully saturated rings. The zero-order valence-electron chi connectivity index (χ0n) is 14.3. The Bertz CT molecular complexity index is 692. The highest BCUT2D eigenvalue weighted by molar-refractivity contribution is 5.53. The van der Waals surface area contributed by atoms with E-state index in [9.17, 15) is 0 Å². The summed E-state index contributed by atoms with van der Waals surface area (Å²) in [6, 6.07) is 10.3. The first-order valence-electron chi connectivity index (χ1n) is 7.95. The lowest BCUT2D eigenvalue weighted by Crippen LogP contribution is -2.52. The predicted molar refractivity (Wildman–Crippen MR) is 95.0 cm³/mol. The molecule has 1 aromatic carbocycles. The van der Waals surface area contributed by atoms with Crippen molar-refractivity contribution in [3.8, 4) is 11.6 Å². The summed E-state index contributed by atoms with van der Waals surface area (Å²) in [7, 11) is 3.26. The Morgan fingerprint density at radius 2 is 1.83 bits per heavy atom.